The quantitative estimate of drug-likeness (QED) is 0.229. The molecule has 0 radical (unpaired) electrons. The predicted molar refractivity (Wildman–Crippen MR) is 94.3 cm³/mol. The van der Waals surface area contributed by atoms with E-state index in [2.05, 4.69) is 16.9 Å². The van der Waals surface area contributed by atoms with Gasteiger partial charge in [0.15, 0.2) is 0 Å². The topological polar surface area (TPSA) is 98.1 Å². The Bertz CT molecular complexity index is 472. The monoisotopic (exact) mass is 361 g/mol. The number of aromatic amines is 1. The Kier molecular flexibility index (Phi) is 15.1. The zero-order valence-electron chi connectivity index (χ0n) is 16.8. The SMILES string of the molecule is CCCCCCCCCCCC(=O)OC(=O)C(N)Cc1cnc[nH]1.[H-].[Na+]. The van der Waals surface area contributed by atoms with Crippen LogP contribution in [0.3, 0.4) is 0 Å². The summed E-state index contributed by atoms with van der Waals surface area (Å²) in [6.45, 7) is 2.22. The number of hydrogen-bond acceptors (Lipinski definition) is 5. The summed E-state index contributed by atoms with van der Waals surface area (Å²) >= 11 is 0. The average molecular weight is 361 g/mol. The Hall–Kier alpha value is -0.690. The fourth-order valence-corrected chi connectivity index (χ4v) is 2.54. The molecule has 0 aliphatic heterocycles. The third-order valence-corrected chi connectivity index (χ3v) is 4.00. The molecule has 0 saturated carbocycles. The van der Waals surface area contributed by atoms with Crippen molar-refractivity contribution in [2.24, 2.45) is 5.73 Å². The number of rotatable bonds is 13. The van der Waals surface area contributed by atoms with E-state index in [9.17, 15) is 9.59 Å². The van der Waals surface area contributed by atoms with Crippen LogP contribution in [0, 0.1) is 0 Å². The molecule has 0 fully saturated rings. The van der Waals surface area contributed by atoms with Gasteiger partial charge in [0.25, 0.3) is 0 Å². The van der Waals surface area contributed by atoms with Crippen LogP contribution in [-0.4, -0.2) is 27.9 Å². The number of nitrogens with one attached hydrogen (secondary N) is 1. The van der Waals surface area contributed by atoms with Crippen LogP contribution < -0.4 is 35.3 Å². The first kappa shape index (κ1) is 24.3. The van der Waals surface area contributed by atoms with Gasteiger partial charge in [0.2, 0.25) is 0 Å². The van der Waals surface area contributed by atoms with Gasteiger partial charge in [-0.15, -0.1) is 0 Å². The second-order valence-corrected chi connectivity index (χ2v) is 6.26. The van der Waals surface area contributed by atoms with E-state index in [0.717, 1.165) is 25.0 Å². The van der Waals surface area contributed by atoms with Gasteiger partial charge in [0, 0.05) is 24.7 Å². The summed E-state index contributed by atoms with van der Waals surface area (Å²) in [7, 11) is 0. The molecule has 25 heavy (non-hydrogen) atoms. The minimum atomic E-state index is -0.850. The first-order chi connectivity index (χ1) is 11.6. The number of carbonyl (C=O) groups excluding carboxylic acids is 2. The first-order valence-corrected chi connectivity index (χ1v) is 9.10. The van der Waals surface area contributed by atoms with Gasteiger partial charge in [-0.25, -0.2) is 9.78 Å². The van der Waals surface area contributed by atoms with Crippen molar-refractivity contribution in [3.05, 3.63) is 18.2 Å². The molecule has 0 aliphatic carbocycles. The van der Waals surface area contributed by atoms with Gasteiger partial charge >= 0.3 is 41.5 Å². The minimum absolute atomic E-state index is 0. The zero-order chi connectivity index (χ0) is 17.6. The summed E-state index contributed by atoms with van der Waals surface area (Å²) in [5, 5.41) is 0. The van der Waals surface area contributed by atoms with E-state index in [-0.39, 0.29) is 43.8 Å². The molecule has 1 aromatic rings. The number of nitrogens with zero attached hydrogens (tertiary/aromatic N) is 1. The van der Waals surface area contributed by atoms with Crippen LogP contribution in [0.1, 0.15) is 78.3 Å². The first-order valence-electron chi connectivity index (χ1n) is 9.10. The van der Waals surface area contributed by atoms with Crippen LogP contribution >= 0.6 is 0 Å². The second-order valence-electron chi connectivity index (χ2n) is 6.26. The predicted octanol–water partition coefficient (Wildman–Crippen LogP) is 0.387. The van der Waals surface area contributed by atoms with Crippen molar-refractivity contribution in [3.8, 4) is 0 Å². The van der Waals surface area contributed by atoms with Gasteiger partial charge in [-0.1, -0.05) is 58.3 Å². The molecule has 0 amide bonds. The largest absolute Gasteiger partial charge is 1.00 e. The number of aromatic nitrogens is 2. The van der Waals surface area contributed by atoms with Crippen molar-refractivity contribution >= 4 is 11.9 Å². The van der Waals surface area contributed by atoms with E-state index in [0.29, 0.717) is 0 Å². The fourth-order valence-electron chi connectivity index (χ4n) is 2.54. The summed E-state index contributed by atoms with van der Waals surface area (Å²) in [6, 6.07) is -0.850. The molecule has 7 heteroatoms. The van der Waals surface area contributed by atoms with E-state index in [4.69, 9.17) is 10.5 Å². The number of imidazole rings is 1. The molecule has 1 rings (SSSR count). The van der Waals surface area contributed by atoms with Gasteiger partial charge in [-0.3, -0.25) is 4.79 Å². The van der Waals surface area contributed by atoms with Crippen molar-refractivity contribution in [1.82, 2.24) is 9.97 Å². The third kappa shape index (κ3) is 12.3. The maximum Gasteiger partial charge on any atom is 1.00 e. The summed E-state index contributed by atoms with van der Waals surface area (Å²) in [4.78, 5) is 30.1. The number of hydrogen-bond donors (Lipinski definition) is 2. The van der Waals surface area contributed by atoms with Crippen molar-refractivity contribution < 1.29 is 45.3 Å². The van der Waals surface area contributed by atoms with Gasteiger partial charge < -0.3 is 16.9 Å². The standard InChI is InChI=1S/C18H31N3O3.Na.H/c1-2-3-4-5-6-7-8-9-10-11-17(22)24-18(23)16(19)12-15-13-20-14-21-15;;/h13-14,16H,2-12,19H2,1H3,(H,20,21);;/q;+1;-1. The molecular formula is C18H32N3NaO3. The van der Waals surface area contributed by atoms with Gasteiger partial charge in [-0.05, 0) is 6.42 Å². The maximum atomic E-state index is 11.7. The Morgan fingerprint density at radius 3 is 2.32 bits per heavy atom. The molecule has 1 heterocycles. The smallest absolute Gasteiger partial charge is 1.00 e. The van der Waals surface area contributed by atoms with E-state index in [1.165, 1.54) is 44.9 Å². The molecule has 1 aromatic heterocycles. The number of H-pyrrole nitrogens is 1. The van der Waals surface area contributed by atoms with Crippen molar-refractivity contribution in [1.29, 1.82) is 0 Å². The molecule has 0 bridgehead atoms. The van der Waals surface area contributed by atoms with Crippen molar-refractivity contribution in [2.45, 2.75) is 83.6 Å². The van der Waals surface area contributed by atoms with Crippen LogP contribution in [0.25, 0.3) is 0 Å². The number of carbonyl (C=O) groups is 2. The zero-order valence-corrected chi connectivity index (χ0v) is 17.8. The molecule has 0 saturated heterocycles. The van der Waals surface area contributed by atoms with Gasteiger partial charge in [0.1, 0.15) is 6.04 Å². The summed E-state index contributed by atoms with van der Waals surface area (Å²) in [5.41, 5.74) is 6.47. The van der Waals surface area contributed by atoms with Crippen LogP contribution in [0.2, 0.25) is 0 Å². The van der Waals surface area contributed by atoms with E-state index < -0.39 is 18.0 Å². The Morgan fingerprint density at radius 2 is 1.76 bits per heavy atom. The molecule has 0 spiro atoms. The Morgan fingerprint density at radius 1 is 1.16 bits per heavy atom. The van der Waals surface area contributed by atoms with Crippen LogP contribution in [-0.2, 0) is 20.7 Å². The normalized spacial score (nSPS) is 11.6. The number of ether oxygens (including phenoxy) is 1. The average Bonchev–Trinajstić information content (AvgIpc) is 3.06. The number of unbranched alkanes of at least 4 members (excludes halogenated alkanes) is 8. The summed E-state index contributed by atoms with van der Waals surface area (Å²) < 4.78 is 4.80. The van der Waals surface area contributed by atoms with Crippen molar-refractivity contribution in [3.63, 3.8) is 0 Å². The molecule has 138 valence electrons. The minimum Gasteiger partial charge on any atom is -1.00 e. The number of esters is 2. The Balaban J connectivity index is 0. The Labute approximate surface area is 174 Å². The van der Waals surface area contributed by atoms with Gasteiger partial charge in [-0.2, -0.15) is 0 Å². The van der Waals surface area contributed by atoms with Crippen LogP contribution in [0.5, 0.6) is 0 Å². The third-order valence-electron chi connectivity index (χ3n) is 4.00. The van der Waals surface area contributed by atoms with E-state index >= 15 is 0 Å². The molecule has 6 nitrogen and oxygen atoms in total. The summed E-state index contributed by atoms with van der Waals surface area (Å²) in [6.07, 6.45) is 14.3. The van der Waals surface area contributed by atoms with E-state index in [1.54, 1.807) is 6.20 Å². The molecule has 3 N–H and O–H groups in total. The van der Waals surface area contributed by atoms with Gasteiger partial charge in [0.05, 0.1) is 6.33 Å². The fraction of sp³-hybridized carbons (Fsp3) is 0.722. The maximum absolute atomic E-state index is 11.7. The molecule has 0 aromatic carbocycles. The van der Waals surface area contributed by atoms with Crippen LogP contribution in [0.4, 0.5) is 0 Å². The van der Waals surface area contributed by atoms with Crippen molar-refractivity contribution in [2.75, 3.05) is 0 Å². The molecule has 0 aliphatic rings. The number of nitrogens with two attached hydrogens (primary N) is 1. The molecule has 1 atom stereocenters. The van der Waals surface area contributed by atoms with E-state index in [1.807, 2.05) is 0 Å². The van der Waals surface area contributed by atoms with Crippen LogP contribution in [0.15, 0.2) is 12.5 Å². The molecule has 1 unspecified atom stereocenters. The summed E-state index contributed by atoms with van der Waals surface area (Å²) in [5.74, 6) is -1.16. The molecular weight excluding hydrogens is 329 g/mol. The second kappa shape index (κ2) is 15.6.